The summed E-state index contributed by atoms with van der Waals surface area (Å²) in [6, 6.07) is 40.0. The zero-order valence-electron chi connectivity index (χ0n) is 18.3. The van der Waals surface area contributed by atoms with E-state index in [-0.39, 0.29) is 0 Å². The van der Waals surface area contributed by atoms with Crippen LogP contribution in [0, 0.1) is 6.92 Å². The maximum atomic E-state index is 4.80. The van der Waals surface area contributed by atoms with Crippen LogP contribution in [-0.4, -0.2) is 10.8 Å². The Morgan fingerprint density at radius 3 is 1.94 bits per heavy atom. The molecule has 1 heterocycles. The zero-order valence-corrected chi connectivity index (χ0v) is 19.9. The smallest absolute Gasteiger partial charge is 0.0630 e. The molecule has 33 heavy (non-hydrogen) atoms. The summed E-state index contributed by atoms with van der Waals surface area (Å²) in [6.45, 7) is 2.12. The molecule has 0 amide bonds. The molecule has 160 valence electrons. The lowest BCUT2D eigenvalue weighted by atomic mass is 10.1. The van der Waals surface area contributed by atoms with Crippen LogP contribution < -0.4 is 0 Å². The van der Waals surface area contributed by atoms with Crippen molar-refractivity contribution in [3.63, 3.8) is 0 Å². The first-order chi connectivity index (χ1) is 16.2. The van der Waals surface area contributed by atoms with E-state index < -0.39 is 0 Å². The Balaban J connectivity index is 1.76. The van der Waals surface area contributed by atoms with Crippen LogP contribution in [0.3, 0.4) is 0 Å². The summed E-state index contributed by atoms with van der Waals surface area (Å²) in [5.41, 5.74) is 8.93. The molecule has 5 rings (SSSR count). The van der Waals surface area contributed by atoms with Crippen molar-refractivity contribution in [1.29, 1.82) is 0 Å². The predicted octanol–water partition coefficient (Wildman–Crippen LogP) is 8.63. The van der Waals surface area contributed by atoms with Gasteiger partial charge in [-0.25, -0.2) is 0 Å². The fraction of sp³-hybridized carbons (Fsp3) is 0.0333. The van der Waals surface area contributed by atoms with Gasteiger partial charge in [-0.3, -0.25) is 4.99 Å². The van der Waals surface area contributed by atoms with Gasteiger partial charge < -0.3 is 4.57 Å². The van der Waals surface area contributed by atoms with E-state index in [1.54, 1.807) is 0 Å². The molecule has 0 fully saturated rings. The van der Waals surface area contributed by atoms with E-state index in [4.69, 9.17) is 4.99 Å². The van der Waals surface area contributed by atoms with Gasteiger partial charge in [0.1, 0.15) is 0 Å². The van der Waals surface area contributed by atoms with Crippen molar-refractivity contribution in [3.8, 4) is 28.2 Å². The van der Waals surface area contributed by atoms with Gasteiger partial charge in [-0.15, -0.1) is 0 Å². The van der Waals surface area contributed by atoms with Gasteiger partial charge in [0.25, 0.3) is 0 Å². The molecule has 4 aromatic carbocycles. The van der Waals surface area contributed by atoms with Gasteiger partial charge in [0.05, 0.1) is 17.1 Å². The van der Waals surface area contributed by atoms with Crippen LogP contribution in [0.2, 0.25) is 0 Å². The van der Waals surface area contributed by atoms with Crippen molar-refractivity contribution < 1.29 is 0 Å². The molecule has 0 bridgehead atoms. The summed E-state index contributed by atoms with van der Waals surface area (Å²) in [7, 11) is 0. The molecule has 0 saturated carbocycles. The monoisotopic (exact) mass is 490 g/mol. The number of aryl methyl sites for hydroxylation is 1. The molecule has 0 atom stereocenters. The molecule has 0 spiro atoms. The third kappa shape index (κ3) is 4.59. The molecule has 0 N–H and O–H groups in total. The molecule has 2 nitrogen and oxygen atoms in total. The first-order valence-corrected chi connectivity index (χ1v) is 11.7. The summed E-state index contributed by atoms with van der Waals surface area (Å²) in [5.74, 6) is 0. The Bertz CT molecular complexity index is 1380. The first-order valence-electron chi connectivity index (χ1n) is 10.9. The van der Waals surface area contributed by atoms with Crippen LogP contribution in [-0.2, 0) is 0 Å². The number of nitrogens with zero attached hydrogens (tertiary/aromatic N) is 2. The maximum Gasteiger partial charge on any atom is 0.0630 e. The van der Waals surface area contributed by atoms with Gasteiger partial charge in [0.15, 0.2) is 0 Å². The van der Waals surface area contributed by atoms with Gasteiger partial charge in [0, 0.05) is 21.9 Å². The number of hydrogen-bond acceptors (Lipinski definition) is 1. The SMILES string of the molecule is Cc1ccc(-n2c(-c3ccccc3)cc(C=Nc3ccc(Br)cc3)c2-c2ccccc2)cc1. The number of benzene rings is 4. The minimum Gasteiger partial charge on any atom is -0.309 e. The zero-order chi connectivity index (χ0) is 22.6. The minimum atomic E-state index is 0.918. The van der Waals surface area contributed by atoms with Crippen molar-refractivity contribution in [2.75, 3.05) is 0 Å². The molecule has 0 aliphatic carbocycles. The highest BCUT2D eigenvalue weighted by Gasteiger charge is 2.18. The van der Waals surface area contributed by atoms with E-state index in [1.165, 1.54) is 11.1 Å². The lowest BCUT2D eigenvalue weighted by Gasteiger charge is -2.15. The Morgan fingerprint density at radius 2 is 1.30 bits per heavy atom. The van der Waals surface area contributed by atoms with Crippen LogP contribution >= 0.6 is 15.9 Å². The predicted molar refractivity (Wildman–Crippen MR) is 143 cm³/mol. The second-order valence-electron chi connectivity index (χ2n) is 7.97. The van der Waals surface area contributed by atoms with E-state index in [0.717, 1.165) is 38.4 Å². The van der Waals surface area contributed by atoms with Crippen LogP contribution in [0.15, 0.2) is 125 Å². The molecule has 0 radical (unpaired) electrons. The highest BCUT2D eigenvalue weighted by Crippen LogP contribution is 2.35. The first kappa shape index (κ1) is 21.2. The number of rotatable bonds is 5. The Morgan fingerprint density at radius 1 is 0.697 bits per heavy atom. The van der Waals surface area contributed by atoms with Crippen LogP contribution in [0.1, 0.15) is 11.1 Å². The van der Waals surface area contributed by atoms with Gasteiger partial charge in [-0.05, 0) is 60.5 Å². The number of hydrogen-bond donors (Lipinski definition) is 0. The van der Waals surface area contributed by atoms with Crippen molar-refractivity contribution in [1.82, 2.24) is 4.57 Å². The molecular weight excluding hydrogens is 468 g/mol. The standard InChI is InChI=1S/C30H23BrN2/c1-22-12-18-28(19-13-22)33-29(23-8-4-2-5-9-23)20-25(30(33)24-10-6-3-7-11-24)21-32-27-16-14-26(31)15-17-27/h2-21H,1H3. The van der Waals surface area contributed by atoms with Crippen molar-refractivity contribution in [2.45, 2.75) is 6.92 Å². The lowest BCUT2D eigenvalue weighted by Crippen LogP contribution is -2.00. The van der Waals surface area contributed by atoms with E-state index >= 15 is 0 Å². The normalized spacial score (nSPS) is 11.2. The number of halogens is 1. The van der Waals surface area contributed by atoms with E-state index in [9.17, 15) is 0 Å². The summed E-state index contributed by atoms with van der Waals surface area (Å²) in [5, 5.41) is 0. The van der Waals surface area contributed by atoms with Crippen molar-refractivity contribution in [2.24, 2.45) is 4.99 Å². The summed E-state index contributed by atoms with van der Waals surface area (Å²) in [6.07, 6.45) is 1.97. The summed E-state index contributed by atoms with van der Waals surface area (Å²) in [4.78, 5) is 4.80. The Hall–Kier alpha value is -3.69. The number of aliphatic imine (C=N–C) groups is 1. The topological polar surface area (TPSA) is 17.3 Å². The Kier molecular flexibility index (Phi) is 6.05. The van der Waals surface area contributed by atoms with Crippen LogP contribution in [0.5, 0.6) is 0 Å². The molecule has 0 aliphatic rings. The molecular formula is C30H23BrN2. The van der Waals surface area contributed by atoms with E-state index in [0.29, 0.717) is 0 Å². The minimum absolute atomic E-state index is 0.918. The molecule has 1 aromatic heterocycles. The van der Waals surface area contributed by atoms with Crippen molar-refractivity contribution >= 4 is 27.8 Å². The molecule has 3 heteroatoms. The number of aromatic nitrogens is 1. The van der Waals surface area contributed by atoms with Crippen LogP contribution in [0.25, 0.3) is 28.2 Å². The van der Waals surface area contributed by atoms with Gasteiger partial charge >= 0.3 is 0 Å². The fourth-order valence-corrected chi connectivity index (χ4v) is 4.24. The average Bonchev–Trinajstić information content (AvgIpc) is 3.25. The molecule has 5 aromatic rings. The summed E-state index contributed by atoms with van der Waals surface area (Å²) >= 11 is 3.50. The largest absolute Gasteiger partial charge is 0.309 e. The molecule has 0 aliphatic heterocycles. The van der Waals surface area contributed by atoms with Gasteiger partial charge in [-0.2, -0.15) is 0 Å². The molecule has 0 unspecified atom stereocenters. The fourth-order valence-electron chi connectivity index (χ4n) is 3.97. The third-order valence-electron chi connectivity index (χ3n) is 5.62. The highest BCUT2D eigenvalue weighted by atomic mass is 79.9. The third-order valence-corrected chi connectivity index (χ3v) is 6.15. The maximum absolute atomic E-state index is 4.80. The van der Waals surface area contributed by atoms with E-state index in [2.05, 4.69) is 118 Å². The lowest BCUT2D eigenvalue weighted by molar-refractivity contribution is 1.09. The molecule has 0 saturated heterocycles. The second-order valence-corrected chi connectivity index (χ2v) is 8.89. The van der Waals surface area contributed by atoms with Crippen molar-refractivity contribution in [3.05, 3.63) is 131 Å². The summed E-state index contributed by atoms with van der Waals surface area (Å²) < 4.78 is 3.39. The van der Waals surface area contributed by atoms with E-state index in [1.807, 2.05) is 30.5 Å². The second kappa shape index (κ2) is 9.43. The van der Waals surface area contributed by atoms with Gasteiger partial charge in [-0.1, -0.05) is 94.3 Å². The Labute approximate surface area is 203 Å². The van der Waals surface area contributed by atoms with Crippen LogP contribution in [0.4, 0.5) is 5.69 Å². The quantitative estimate of drug-likeness (QED) is 0.219. The average molecular weight is 491 g/mol. The van der Waals surface area contributed by atoms with Gasteiger partial charge in [0.2, 0.25) is 0 Å². The highest BCUT2D eigenvalue weighted by molar-refractivity contribution is 9.10.